The van der Waals surface area contributed by atoms with Crippen molar-refractivity contribution in [1.29, 1.82) is 0 Å². The lowest BCUT2D eigenvalue weighted by molar-refractivity contribution is -0.116. The molecular formula is C19H18ClF2NO3. The van der Waals surface area contributed by atoms with Gasteiger partial charge in [0.15, 0.2) is 5.78 Å². The number of Topliss-reactive ketones (excluding diaryl/α,β-unsaturated/α-hetero) is 1. The standard InChI is InChI=1S/C19H18ClF2NO3/c1-11-3-4-12(2)14(9-11)16(24)6-8-18(25)23-13-5-7-17(15(20)10-13)26-19(21)22/h3-5,7,9-10,19H,6,8H2,1-2H3,(H,23,25). The van der Waals surface area contributed by atoms with Crippen LogP contribution in [0.2, 0.25) is 5.02 Å². The number of ketones is 1. The highest BCUT2D eigenvalue weighted by Crippen LogP contribution is 2.29. The maximum Gasteiger partial charge on any atom is 0.387 e. The molecule has 138 valence electrons. The first-order valence-electron chi connectivity index (χ1n) is 7.91. The number of alkyl halides is 2. The van der Waals surface area contributed by atoms with E-state index < -0.39 is 6.61 Å². The number of rotatable bonds is 7. The quantitative estimate of drug-likeness (QED) is 0.674. The minimum atomic E-state index is -2.98. The molecule has 1 N–H and O–H groups in total. The van der Waals surface area contributed by atoms with Crippen LogP contribution >= 0.6 is 11.6 Å². The molecule has 26 heavy (non-hydrogen) atoms. The molecule has 7 heteroatoms. The van der Waals surface area contributed by atoms with E-state index in [-0.39, 0.29) is 35.3 Å². The fraction of sp³-hybridized carbons (Fsp3) is 0.263. The van der Waals surface area contributed by atoms with Crippen LogP contribution in [-0.2, 0) is 4.79 Å². The van der Waals surface area contributed by atoms with Crippen molar-refractivity contribution in [1.82, 2.24) is 0 Å². The van der Waals surface area contributed by atoms with E-state index in [1.807, 2.05) is 26.0 Å². The number of carbonyl (C=O) groups excluding carboxylic acids is 2. The van der Waals surface area contributed by atoms with Crippen molar-refractivity contribution in [2.45, 2.75) is 33.3 Å². The molecule has 0 fully saturated rings. The number of anilines is 1. The van der Waals surface area contributed by atoms with Crippen LogP contribution in [0.5, 0.6) is 5.75 Å². The van der Waals surface area contributed by atoms with Gasteiger partial charge in [0, 0.05) is 24.1 Å². The number of halogens is 3. The summed E-state index contributed by atoms with van der Waals surface area (Å²) in [6.45, 7) is 0.760. The first kappa shape index (κ1) is 19.8. The monoisotopic (exact) mass is 381 g/mol. The normalized spacial score (nSPS) is 10.7. The molecule has 0 aliphatic carbocycles. The summed E-state index contributed by atoms with van der Waals surface area (Å²) < 4.78 is 28.6. The molecule has 0 saturated heterocycles. The van der Waals surface area contributed by atoms with Gasteiger partial charge < -0.3 is 10.1 Å². The average Bonchev–Trinajstić information content (AvgIpc) is 2.57. The molecular weight excluding hydrogens is 364 g/mol. The number of carbonyl (C=O) groups is 2. The van der Waals surface area contributed by atoms with E-state index in [0.717, 1.165) is 11.1 Å². The zero-order chi connectivity index (χ0) is 19.3. The van der Waals surface area contributed by atoms with Gasteiger partial charge in [-0.25, -0.2) is 0 Å². The van der Waals surface area contributed by atoms with Gasteiger partial charge in [0.2, 0.25) is 5.91 Å². The molecule has 2 rings (SSSR count). The maximum atomic E-state index is 12.3. The Kier molecular flexibility index (Phi) is 6.69. The molecule has 0 atom stereocenters. The number of amides is 1. The topological polar surface area (TPSA) is 55.4 Å². The van der Waals surface area contributed by atoms with Crippen molar-refractivity contribution in [3.63, 3.8) is 0 Å². The van der Waals surface area contributed by atoms with Gasteiger partial charge in [0.1, 0.15) is 5.75 Å². The van der Waals surface area contributed by atoms with Gasteiger partial charge in [0.05, 0.1) is 5.02 Å². The lowest BCUT2D eigenvalue weighted by atomic mass is 9.99. The summed E-state index contributed by atoms with van der Waals surface area (Å²) in [6, 6.07) is 9.54. The highest BCUT2D eigenvalue weighted by molar-refractivity contribution is 6.32. The Hall–Kier alpha value is -2.47. The molecule has 0 saturated carbocycles. The first-order chi connectivity index (χ1) is 12.3. The molecule has 0 aromatic heterocycles. The largest absolute Gasteiger partial charge is 0.433 e. The summed E-state index contributed by atoms with van der Waals surface area (Å²) in [5.74, 6) is -0.660. The summed E-state index contributed by atoms with van der Waals surface area (Å²) in [6.07, 6.45) is 0.0650. The minimum Gasteiger partial charge on any atom is -0.433 e. The van der Waals surface area contributed by atoms with E-state index >= 15 is 0 Å². The molecule has 0 radical (unpaired) electrons. The highest BCUT2D eigenvalue weighted by Gasteiger charge is 2.13. The van der Waals surface area contributed by atoms with Crippen LogP contribution in [-0.4, -0.2) is 18.3 Å². The lowest BCUT2D eigenvalue weighted by Crippen LogP contribution is -2.14. The second kappa shape index (κ2) is 8.76. The van der Waals surface area contributed by atoms with Crippen molar-refractivity contribution in [2.24, 2.45) is 0 Å². The van der Waals surface area contributed by atoms with Gasteiger partial charge in [-0.2, -0.15) is 8.78 Å². The number of benzene rings is 2. The molecule has 0 unspecified atom stereocenters. The highest BCUT2D eigenvalue weighted by atomic mass is 35.5. The minimum absolute atomic E-state index is 0.000873. The number of ether oxygens (including phenoxy) is 1. The smallest absolute Gasteiger partial charge is 0.387 e. The van der Waals surface area contributed by atoms with Crippen molar-refractivity contribution < 1.29 is 23.1 Å². The van der Waals surface area contributed by atoms with Crippen LogP contribution in [0.3, 0.4) is 0 Å². The molecule has 0 bridgehead atoms. The fourth-order valence-electron chi connectivity index (χ4n) is 2.39. The van der Waals surface area contributed by atoms with Gasteiger partial charge in [0.25, 0.3) is 0 Å². The predicted octanol–water partition coefficient (Wildman–Crippen LogP) is 5.16. The number of hydrogen-bond acceptors (Lipinski definition) is 3. The van der Waals surface area contributed by atoms with E-state index in [1.54, 1.807) is 6.07 Å². The van der Waals surface area contributed by atoms with Gasteiger partial charge in [-0.05, 0) is 43.7 Å². The molecule has 0 aliphatic heterocycles. The predicted molar refractivity (Wildman–Crippen MR) is 96.2 cm³/mol. The average molecular weight is 382 g/mol. The fourth-order valence-corrected chi connectivity index (χ4v) is 2.62. The third-order valence-corrected chi connectivity index (χ3v) is 4.00. The van der Waals surface area contributed by atoms with Gasteiger partial charge in [-0.3, -0.25) is 9.59 Å². The van der Waals surface area contributed by atoms with Crippen LogP contribution in [0.15, 0.2) is 36.4 Å². The van der Waals surface area contributed by atoms with Crippen molar-refractivity contribution in [3.8, 4) is 5.75 Å². The van der Waals surface area contributed by atoms with Crippen LogP contribution in [0, 0.1) is 13.8 Å². The molecule has 0 heterocycles. The lowest BCUT2D eigenvalue weighted by Gasteiger charge is -2.10. The summed E-state index contributed by atoms with van der Waals surface area (Å²) in [5, 5.41) is 2.53. The summed E-state index contributed by atoms with van der Waals surface area (Å²) in [7, 11) is 0. The van der Waals surface area contributed by atoms with Gasteiger partial charge in [-0.15, -0.1) is 0 Å². The molecule has 0 aliphatic rings. The first-order valence-corrected chi connectivity index (χ1v) is 8.28. The van der Waals surface area contributed by atoms with Gasteiger partial charge in [-0.1, -0.05) is 29.3 Å². The Bertz CT molecular complexity index is 824. The zero-order valence-electron chi connectivity index (χ0n) is 14.3. The van der Waals surface area contributed by atoms with Crippen molar-refractivity contribution in [2.75, 3.05) is 5.32 Å². The number of nitrogens with one attached hydrogen (secondary N) is 1. The number of aryl methyl sites for hydroxylation is 2. The van der Waals surface area contributed by atoms with Crippen molar-refractivity contribution >= 4 is 29.0 Å². The summed E-state index contributed by atoms with van der Waals surface area (Å²) >= 11 is 5.83. The Balaban J connectivity index is 1.93. The SMILES string of the molecule is Cc1ccc(C)c(C(=O)CCC(=O)Nc2ccc(OC(F)F)c(Cl)c2)c1. The zero-order valence-corrected chi connectivity index (χ0v) is 15.1. The Morgan fingerprint density at radius 1 is 1.12 bits per heavy atom. The maximum absolute atomic E-state index is 12.3. The van der Waals surface area contributed by atoms with E-state index in [0.29, 0.717) is 11.3 Å². The molecule has 2 aromatic carbocycles. The molecule has 2 aromatic rings. The van der Waals surface area contributed by atoms with Crippen LogP contribution < -0.4 is 10.1 Å². The number of hydrogen-bond donors (Lipinski definition) is 1. The molecule has 4 nitrogen and oxygen atoms in total. The summed E-state index contributed by atoms with van der Waals surface area (Å²) in [5.41, 5.74) is 2.78. The summed E-state index contributed by atoms with van der Waals surface area (Å²) in [4.78, 5) is 24.3. The molecule has 1 amide bonds. The second-order valence-electron chi connectivity index (χ2n) is 5.81. The van der Waals surface area contributed by atoms with Crippen LogP contribution in [0.25, 0.3) is 0 Å². The van der Waals surface area contributed by atoms with E-state index in [2.05, 4.69) is 10.1 Å². The van der Waals surface area contributed by atoms with Gasteiger partial charge >= 0.3 is 6.61 Å². The van der Waals surface area contributed by atoms with E-state index in [1.165, 1.54) is 18.2 Å². The Morgan fingerprint density at radius 2 is 1.85 bits per heavy atom. The Labute approximate surface area is 155 Å². The molecule has 0 spiro atoms. The third-order valence-electron chi connectivity index (χ3n) is 3.70. The van der Waals surface area contributed by atoms with E-state index in [9.17, 15) is 18.4 Å². The van der Waals surface area contributed by atoms with Crippen molar-refractivity contribution in [3.05, 3.63) is 58.1 Å². The van der Waals surface area contributed by atoms with Crippen LogP contribution in [0.4, 0.5) is 14.5 Å². The van der Waals surface area contributed by atoms with E-state index in [4.69, 9.17) is 11.6 Å². The van der Waals surface area contributed by atoms with Crippen LogP contribution in [0.1, 0.15) is 34.3 Å². The second-order valence-corrected chi connectivity index (χ2v) is 6.22. The third kappa shape index (κ3) is 5.52. The Morgan fingerprint density at radius 3 is 2.50 bits per heavy atom.